The second-order valence-corrected chi connectivity index (χ2v) is 4.93. The van der Waals surface area contributed by atoms with Crippen LogP contribution in [0.1, 0.15) is 36.9 Å². The van der Waals surface area contributed by atoms with E-state index in [0.29, 0.717) is 11.4 Å². The predicted molar refractivity (Wildman–Crippen MR) is 70.9 cm³/mol. The number of pyridine rings is 1. The molecule has 0 unspecified atom stereocenters. The van der Waals surface area contributed by atoms with Crippen molar-refractivity contribution in [1.29, 1.82) is 5.26 Å². The first kappa shape index (κ1) is 13.3. The van der Waals surface area contributed by atoms with Crippen LogP contribution in [-0.4, -0.2) is 28.6 Å². The van der Waals surface area contributed by atoms with E-state index in [9.17, 15) is 4.79 Å². The van der Waals surface area contributed by atoms with Gasteiger partial charge in [-0.25, -0.2) is 4.98 Å². The van der Waals surface area contributed by atoms with Crippen molar-refractivity contribution in [3.05, 3.63) is 23.4 Å². The molecule has 0 radical (unpaired) electrons. The Kier molecular flexibility index (Phi) is 4.00. The standard InChI is InChI=1S/C14H17N3O2/c1-10-6-11(8-15)7-13(16-10)17(9-14(18)19)12-4-2-3-5-12/h6-7,12H,2-5,9H2,1H3,(H,18,19). The molecule has 19 heavy (non-hydrogen) atoms. The first-order chi connectivity index (χ1) is 9.10. The van der Waals surface area contributed by atoms with E-state index in [1.165, 1.54) is 0 Å². The first-order valence-electron chi connectivity index (χ1n) is 6.47. The van der Waals surface area contributed by atoms with Gasteiger partial charge in [0.1, 0.15) is 12.4 Å². The van der Waals surface area contributed by atoms with Crippen LogP contribution in [0.15, 0.2) is 12.1 Å². The number of carboxylic acids is 1. The largest absolute Gasteiger partial charge is 0.480 e. The molecule has 0 aliphatic heterocycles. The van der Waals surface area contributed by atoms with Gasteiger partial charge >= 0.3 is 5.97 Å². The van der Waals surface area contributed by atoms with E-state index in [1.54, 1.807) is 12.1 Å². The van der Waals surface area contributed by atoms with Crippen molar-refractivity contribution in [3.8, 4) is 6.07 Å². The molecule has 1 aromatic rings. The summed E-state index contributed by atoms with van der Waals surface area (Å²) in [6.07, 6.45) is 4.23. The number of aromatic nitrogens is 1. The summed E-state index contributed by atoms with van der Waals surface area (Å²) in [5.74, 6) is -0.264. The molecule has 100 valence electrons. The quantitative estimate of drug-likeness (QED) is 0.895. The highest BCUT2D eigenvalue weighted by Crippen LogP contribution is 2.27. The van der Waals surface area contributed by atoms with Crippen LogP contribution in [0.25, 0.3) is 0 Å². The smallest absolute Gasteiger partial charge is 0.323 e. The van der Waals surface area contributed by atoms with E-state index < -0.39 is 5.97 Å². The summed E-state index contributed by atoms with van der Waals surface area (Å²) in [7, 11) is 0. The molecule has 1 N–H and O–H groups in total. The van der Waals surface area contributed by atoms with Crippen LogP contribution in [0.3, 0.4) is 0 Å². The first-order valence-corrected chi connectivity index (χ1v) is 6.47. The lowest BCUT2D eigenvalue weighted by molar-refractivity contribution is -0.135. The average Bonchev–Trinajstić information content (AvgIpc) is 2.88. The van der Waals surface area contributed by atoms with E-state index in [-0.39, 0.29) is 12.6 Å². The van der Waals surface area contributed by atoms with E-state index in [0.717, 1.165) is 31.4 Å². The van der Waals surface area contributed by atoms with Gasteiger partial charge in [0.2, 0.25) is 0 Å². The van der Waals surface area contributed by atoms with Crippen LogP contribution in [-0.2, 0) is 4.79 Å². The van der Waals surface area contributed by atoms with Gasteiger partial charge in [0, 0.05) is 11.7 Å². The Morgan fingerprint density at radius 3 is 2.79 bits per heavy atom. The lowest BCUT2D eigenvalue weighted by atomic mass is 10.2. The summed E-state index contributed by atoms with van der Waals surface area (Å²) in [5.41, 5.74) is 1.26. The number of carbonyl (C=O) groups is 1. The molecule has 0 spiro atoms. The Balaban J connectivity index is 2.34. The van der Waals surface area contributed by atoms with Gasteiger partial charge in [-0.3, -0.25) is 4.79 Å². The van der Waals surface area contributed by atoms with Crippen LogP contribution in [0.2, 0.25) is 0 Å². The monoisotopic (exact) mass is 259 g/mol. The van der Waals surface area contributed by atoms with Crippen LogP contribution in [0.5, 0.6) is 0 Å². The number of carboxylic acid groups (broad SMARTS) is 1. The molecular weight excluding hydrogens is 242 g/mol. The fourth-order valence-electron chi connectivity index (χ4n) is 2.62. The molecule has 0 atom stereocenters. The molecule has 5 heteroatoms. The van der Waals surface area contributed by atoms with Crippen molar-refractivity contribution in [2.75, 3.05) is 11.4 Å². The maximum absolute atomic E-state index is 11.0. The second kappa shape index (κ2) is 5.70. The highest BCUT2D eigenvalue weighted by atomic mass is 16.4. The van der Waals surface area contributed by atoms with E-state index >= 15 is 0 Å². The molecule has 0 aromatic carbocycles. The number of anilines is 1. The SMILES string of the molecule is Cc1cc(C#N)cc(N(CC(=O)O)C2CCCC2)n1. The third-order valence-electron chi connectivity index (χ3n) is 3.43. The van der Waals surface area contributed by atoms with E-state index in [4.69, 9.17) is 10.4 Å². The van der Waals surface area contributed by atoms with Gasteiger partial charge in [0.15, 0.2) is 0 Å². The molecular formula is C14H17N3O2. The van der Waals surface area contributed by atoms with Crippen LogP contribution >= 0.6 is 0 Å². The lowest BCUT2D eigenvalue weighted by Crippen LogP contribution is -2.38. The van der Waals surface area contributed by atoms with Crippen molar-refractivity contribution in [1.82, 2.24) is 4.98 Å². The summed E-state index contributed by atoms with van der Waals surface area (Å²) < 4.78 is 0. The minimum Gasteiger partial charge on any atom is -0.480 e. The number of nitriles is 1. The Labute approximate surface area is 112 Å². The zero-order chi connectivity index (χ0) is 13.8. The third-order valence-corrected chi connectivity index (χ3v) is 3.43. The van der Waals surface area contributed by atoms with Gasteiger partial charge in [-0.15, -0.1) is 0 Å². The minimum atomic E-state index is -0.867. The molecule has 0 bridgehead atoms. The Bertz CT molecular complexity index is 516. The van der Waals surface area contributed by atoms with Crippen molar-refractivity contribution in [2.24, 2.45) is 0 Å². The lowest BCUT2D eigenvalue weighted by Gasteiger charge is -2.28. The zero-order valence-corrected chi connectivity index (χ0v) is 11.0. The van der Waals surface area contributed by atoms with Crippen molar-refractivity contribution < 1.29 is 9.90 Å². The fraction of sp³-hybridized carbons (Fsp3) is 0.500. The van der Waals surface area contributed by atoms with Gasteiger partial charge in [0.05, 0.1) is 11.6 Å². The zero-order valence-electron chi connectivity index (χ0n) is 11.0. The van der Waals surface area contributed by atoms with E-state index in [2.05, 4.69) is 11.1 Å². The molecule has 2 rings (SSSR count). The molecule has 0 amide bonds. The van der Waals surface area contributed by atoms with Gasteiger partial charge in [-0.05, 0) is 31.9 Å². The summed E-state index contributed by atoms with van der Waals surface area (Å²) in [5, 5.41) is 18.1. The topological polar surface area (TPSA) is 77.2 Å². The summed E-state index contributed by atoms with van der Waals surface area (Å²) >= 11 is 0. The molecule has 1 aliphatic carbocycles. The van der Waals surface area contributed by atoms with Crippen molar-refractivity contribution in [3.63, 3.8) is 0 Å². The van der Waals surface area contributed by atoms with Crippen molar-refractivity contribution >= 4 is 11.8 Å². The second-order valence-electron chi connectivity index (χ2n) is 4.93. The van der Waals surface area contributed by atoms with Gasteiger partial charge < -0.3 is 10.0 Å². The Morgan fingerprint density at radius 1 is 1.53 bits per heavy atom. The molecule has 1 saturated carbocycles. The highest BCUT2D eigenvalue weighted by Gasteiger charge is 2.25. The van der Waals surface area contributed by atoms with Gasteiger partial charge in [-0.2, -0.15) is 5.26 Å². The Hall–Kier alpha value is -2.09. The molecule has 1 fully saturated rings. The average molecular weight is 259 g/mol. The normalized spacial score (nSPS) is 15.2. The Morgan fingerprint density at radius 2 is 2.21 bits per heavy atom. The van der Waals surface area contributed by atoms with E-state index in [1.807, 2.05) is 11.8 Å². The number of nitrogens with zero attached hydrogens (tertiary/aromatic N) is 3. The number of hydrogen-bond donors (Lipinski definition) is 1. The summed E-state index contributed by atoms with van der Waals surface area (Å²) in [4.78, 5) is 17.3. The predicted octanol–water partition coefficient (Wildman–Crippen LogP) is 2.10. The molecule has 1 aromatic heterocycles. The maximum Gasteiger partial charge on any atom is 0.323 e. The number of hydrogen-bond acceptors (Lipinski definition) is 4. The van der Waals surface area contributed by atoms with Gasteiger partial charge in [0.25, 0.3) is 0 Å². The molecule has 0 saturated heterocycles. The van der Waals surface area contributed by atoms with Crippen LogP contribution in [0, 0.1) is 18.3 Å². The maximum atomic E-state index is 11.0. The number of aliphatic carboxylic acids is 1. The number of aryl methyl sites for hydroxylation is 1. The van der Waals surface area contributed by atoms with Crippen molar-refractivity contribution in [2.45, 2.75) is 38.6 Å². The summed E-state index contributed by atoms with van der Waals surface area (Å²) in [6, 6.07) is 5.69. The number of rotatable bonds is 4. The molecule has 1 aliphatic rings. The third kappa shape index (κ3) is 3.22. The summed E-state index contributed by atoms with van der Waals surface area (Å²) in [6.45, 7) is 1.75. The fourth-order valence-corrected chi connectivity index (χ4v) is 2.62. The highest BCUT2D eigenvalue weighted by molar-refractivity contribution is 5.73. The van der Waals surface area contributed by atoms with Gasteiger partial charge in [-0.1, -0.05) is 12.8 Å². The minimum absolute atomic E-state index is 0.0635. The van der Waals surface area contributed by atoms with Crippen LogP contribution < -0.4 is 4.90 Å². The van der Waals surface area contributed by atoms with Crippen LogP contribution in [0.4, 0.5) is 5.82 Å². The molecule has 1 heterocycles. The molecule has 5 nitrogen and oxygen atoms in total.